The van der Waals surface area contributed by atoms with Crippen molar-refractivity contribution in [1.82, 2.24) is 5.32 Å². The molecule has 3 aromatic carbocycles. The topological polar surface area (TPSA) is 94.7 Å². The van der Waals surface area contributed by atoms with E-state index in [1.165, 1.54) is 24.9 Å². The summed E-state index contributed by atoms with van der Waals surface area (Å²) in [6, 6.07) is 29.4. The third kappa shape index (κ3) is 7.08. The first-order valence-electron chi connectivity index (χ1n) is 13.2. The van der Waals surface area contributed by atoms with Gasteiger partial charge in [0.05, 0.1) is 18.8 Å². The fourth-order valence-corrected chi connectivity index (χ4v) is 5.61. The Balaban J connectivity index is 1.39. The van der Waals surface area contributed by atoms with Crippen LogP contribution in [0.3, 0.4) is 0 Å². The molecular weight excluding hydrogens is 524 g/mol. The Morgan fingerprint density at radius 2 is 1.73 bits per heavy atom. The van der Waals surface area contributed by atoms with Gasteiger partial charge in [0.25, 0.3) is 5.03 Å². The first kappa shape index (κ1) is 27.9. The fraction of sp³-hybridized carbons (Fsp3) is 0.250. The molecule has 2 heterocycles. The lowest BCUT2D eigenvalue weighted by Crippen LogP contribution is -2.32. The number of hydrogen-bond acceptors (Lipinski definition) is 6. The van der Waals surface area contributed by atoms with Crippen molar-refractivity contribution in [3.63, 3.8) is 0 Å². The third-order valence-electron chi connectivity index (χ3n) is 6.78. The van der Waals surface area contributed by atoms with Gasteiger partial charge in [-0.25, -0.2) is 0 Å². The molecule has 1 fully saturated rings. The van der Waals surface area contributed by atoms with Gasteiger partial charge >= 0.3 is 0 Å². The fourth-order valence-electron chi connectivity index (χ4n) is 4.68. The predicted octanol–water partition coefficient (Wildman–Crippen LogP) is 5.45. The van der Waals surface area contributed by atoms with E-state index < -0.39 is 6.29 Å². The van der Waals surface area contributed by atoms with E-state index in [0.717, 1.165) is 38.1 Å². The zero-order chi connectivity index (χ0) is 27.9. The first-order valence-corrected chi connectivity index (χ1v) is 14.2. The molecule has 0 aliphatic carbocycles. The number of benzene rings is 3. The SMILES string of the molecule is CC(=O)NCc1cccc(-c2cccc([C@@H]3O[C@H](CSc4cccc[n+]4[O-])C[C@H](c4ccc(CO)cc4)O3)c2)c1. The molecule has 0 radical (unpaired) electrons. The van der Waals surface area contributed by atoms with Gasteiger partial charge in [0.1, 0.15) is 0 Å². The summed E-state index contributed by atoms with van der Waals surface area (Å²) in [4.78, 5) is 11.4. The van der Waals surface area contributed by atoms with Crippen LogP contribution in [-0.4, -0.2) is 22.9 Å². The summed E-state index contributed by atoms with van der Waals surface area (Å²) in [6.07, 6.45) is 1.17. The van der Waals surface area contributed by atoms with Gasteiger partial charge in [0.2, 0.25) is 5.91 Å². The van der Waals surface area contributed by atoms with Crippen molar-refractivity contribution in [3.05, 3.63) is 125 Å². The second-order valence-electron chi connectivity index (χ2n) is 9.76. The number of aromatic nitrogens is 1. The number of aliphatic hydroxyl groups excluding tert-OH is 1. The zero-order valence-electron chi connectivity index (χ0n) is 22.2. The standard InChI is InChI=1S/C32H32N2O5S/c1-22(36)33-19-24-6-4-7-26(16-24)27-8-5-9-28(17-27)32-38-29(21-40-31-10-2-3-15-34(31)37)18-30(39-32)25-13-11-23(20-35)12-14-25/h2-17,29-30,32,35H,18-21H2,1H3,(H,33,36)/t29-,30+,32+/m0/s1. The van der Waals surface area contributed by atoms with Crippen LogP contribution in [0.5, 0.6) is 0 Å². The number of amides is 1. The van der Waals surface area contributed by atoms with Crippen molar-refractivity contribution in [2.24, 2.45) is 0 Å². The highest BCUT2D eigenvalue weighted by molar-refractivity contribution is 7.99. The third-order valence-corrected chi connectivity index (χ3v) is 7.93. The number of carbonyl (C=O) groups is 1. The lowest BCUT2D eigenvalue weighted by Gasteiger charge is -2.36. The number of nitrogens with zero attached hydrogens (tertiary/aromatic N) is 1. The van der Waals surface area contributed by atoms with E-state index in [0.29, 0.717) is 23.7 Å². The minimum absolute atomic E-state index is 0.0120. The molecule has 1 saturated heterocycles. The molecule has 5 rings (SSSR count). The van der Waals surface area contributed by atoms with Gasteiger partial charge in [-0.1, -0.05) is 72.4 Å². The minimum Gasteiger partial charge on any atom is -0.618 e. The van der Waals surface area contributed by atoms with Gasteiger partial charge in [0, 0.05) is 43.3 Å². The average Bonchev–Trinajstić information content (AvgIpc) is 3.00. The van der Waals surface area contributed by atoms with Crippen LogP contribution < -0.4 is 10.0 Å². The Hall–Kier alpha value is -3.69. The van der Waals surface area contributed by atoms with E-state index in [2.05, 4.69) is 17.4 Å². The summed E-state index contributed by atoms with van der Waals surface area (Å²) in [7, 11) is 0. The zero-order valence-corrected chi connectivity index (χ0v) is 23.1. The Labute approximate surface area is 238 Å². The number of rotatable bonds is 9. The number of aliphatic hydroxyl groups is 1. The maximum absolute atomic E-state index is 12.2. The number of hydrogen-bond donors (Lipinski definition) is 2. The van der Waals surface area contributed by atoms with Gasteiger partial charge in [0.15, 0.2) is 12.5 Å². The number of thioether (sulfide) groups is 1. The summed E-state index contributed by atoms with van der Waals surface area (Å²) in [5.74, 6) is 0.534. The molecule has 1 aromatic heterocycles. The van der Waals surface area contributed by atoms with Crippen LogP contribution in [0.25, 0.3) is 11.1 Å². The van der Waals surface area contributed by atoms with Crippen molar-refractivity contribution >= 4 is 17.7 Å². The van der Waals surface area contributed by atoms with Crippen LogP contribution in [0, 0.1) is 5.21 Å². The average molecular weight is 557 g/mol. The predicted molar refractivity (Wildman–Crippen MR) is 154 cm³/mol. The Bertz CT molecular complexity index is 1450. The van der Waals surface area contributed by atoms with Gasteiger partial charge in [-0.3, -0.25) is 4.79 Å². The van der Waals surface area contributed by atoms with Gasteiger partial charge < -0.3 is 25.1 Å². The molecule has 206 valence electrons. The summed E-state index contributed by atoms with van der Waals surface area (Å²) >= 11 is 1.47. The van der Waals surface area contributed by atoms with E-state index in [-0.39, 0.29) is 24.7 Å². The lowest BCUT2D eigenvalue weighted by atomic mass is 9.99. The van der Waals surface area contributed by atoms with Crippen LogP contribution in [0.2, 0.25) is 0 Å². The van der Waals surface area contributed by atoms with Crippen molar-refractivity contribution in [2.45, 2.75) is 50.0 Å². The monoisotopic (exact) mass is 556 g/mol. The maximum atomic E-state index is 12.2. The Morgan fingerprint density at radius 3 is 2.48 bits per heavy atom. The molecule has 1 aliphatic heterocycles. The van der Waals surface area contributed by atoms with Crippen molar-refractivity contribution in [1.29, 1.82) is 0 Å². The highest BCUT2D eigenvalue weighted by Crippen LogP contribution is 2.40. The number of nitrogens with one attached hydrogen (secondary N) is 1. The molecule has 1 aliphatic rings. The number of ether oxygens (including phenoxy) is 2. The molecule has 0 saturated carbocycles. The number of pyridine rings is 1. The normalized spacial score (nSPS) is 18.8. The first-order chi connectivity index (χ1) is 19.5. The molecule has 0 bridgehead atoms. The van der Waals surface area contributed by atoms with Crippen molar-refractivity contribution in [2.75, 3.05) is 5.75 Å². The highest BCUT2D eigenvalue weighted by atomic mass is 32.2. The van der Waals surface area contributed by atoms with Gasteiger partial charge in [-0.15, -0.1) is 0 Å². The van der Waals surface area contributed by atoms with Crippen LogP contribution in [-0.2, 0) is 27.4 Å². The van der Waals surface area contributed by atoms with E-state index in [1.54, 1.807) is 6.07 Å². The van der Waals surface area contributed by atoms with Crippen LogP contribution in [0.1, 0.15) is 48.0 Å². The highest BCUT2D eigenvalue weighted by Gasteiger charge is 2.33. The summed E-state index contributed by atoms with van der Waals surface area (Å²) in [5.41, 5.74) is 5.83. The summed E-state index contributed by atoms with van der Waals surface area (Å²) in [6.45, 7) is 1.97. The summed E-state index contributed by atoms with van der Waals surface area (Å²) < 4.78 is 13.8. The molecule has 40 heavy (non-hydrogen) atoms. The van der Waals surface area contributed by atoms with E-state index in [4.69, 9.17) is 9.47 Å². The van der Waals surface area contributed by atoms with E-state index in [1.807, 2.05) is 72.8 Å². The number of carbonyl (C=O) groups excluding carboxylic acids is 1. The second-order valence-corrected chi connectivity index (χ2v) is 10.8. The Kier molecular flexibility index (Phi) is 9.13. The van der Waals surface area contributed by atoms with Crippen molar-refractivity contribution < 1.29 is 24.1 Å². The molecule has 0 spiro atoms. The molecule has 1 amide bonds. The van der Waals surface area contributed by atoms with Crippen LogP contribution in [0.4, 0.5) is 0 Å². The smallest absolute Gasteiger partial charge is 0.251 e. The Morgan fingerprint density at radius 1 is 0.950 bits per heavy atom. The van der Waals surface area contributed by atoms with E-state index >= 15 is 0 Å². The lowest BCUT2D eigenvalue weighted by molar-refractivity contribution is -0.645. The maximum Gasteiger partial charge on any atom is 0.251 e. The van der Waals surface area contributed by atoms with Crippen LogP contribution in [0.15, 0.2) is 102 Å². The molecule has 4 aromatic rings. The second kappa shape index (κ2) is 13.1. The van der Waals surface area contributed by atoms with Crippen LogP contribution >= 0.6 is 11.8 Å². The van der Waals surface area contributed by atoms with Gasteiger partial charge in [-0.05, 0) is 46.0 Å². The molecular formula is C32H32N2O5S. The van der Waals surface area contributed by atoms with Crippen molar-refractivity contribution in [3.8, 4) is 11.1 Å². The molecule has 7 nitrogen and oxygen atoms in total. The van der Waals surface area contributed by atoms with E-state index in [9.17, 15) is 15.1 Å². The largest absolute Gasteiger partial charge is 0.618 e. The molecule has 8 heteroatoms. The molecule has 0 unspecified atom stereocenters. The quantitative estimate of drug-likeness (QED) is 0.162. The summed E-state index contributed by atoms with van der Waals surface area (Å²) in [5, 5.41) is 25.1. The molecule has 3 atom stereocenters. The molecule has 2 N–H and O–H groups in total. The van der Waals surface area contributed by atoms with Gasteiger partial charge in [-0.2, -0.15) is 4.73 Å². The minimum atomic E-state index is -0.598.